The van der Waals surface area contributed by atoms with Crippen molar-refractivity contribution >= 4 is 5.96 Å². The van der Waals surface area contributed by atoms with Gasteiger partial charge in [-0.3, -0.25) is 0 Å². The summed E-state index contributed by atoms with van der Waals surface area (Å²) in [6.07, 6.45) is 0.608. The highest BCUT2D eigenvalue weighted by molar-refractivity contribution is 5.80. The second-order valence-electron chi connectivity index (χ2n) is 4.99. The summed E-state index contributed by atoms with van der Waals surface area (Å²) >= 11 is 0. The van der Waals surface area contributed by atoms with Crippen LogP contribution < -0.4 is 5.32 Å². The molecule has 1 saturated heterocycles. The van der Waals surface area contributed by atoms with Crippen LogP contribution in [0.2, 0.25) is 0 Å². The van der Waals surface area contributed by atoms with Gasteiger partial charge in [0.05, 0.1) is 12.6 Å². The summed E-state index contributed by atoms with van der Waals surface area (Å²) in [4.78, 5) is 6.81. The van der Waals surface area contributed by atoms with Gasteiger partial charge in [-0.25, -0.2) is 4.99 Å². The highest BCUT2D eigenvalue weighted by atomic mass is 16.3. The Kier molecular flexibility index (Phi) is 4.80. The minimum absolute atomic E-state index is 0.220. The highest BCUT2D eigenvalue weighted by Gasteiger charge is 2.22. The van der Waals surface area contributed by atoms with Crippen molar-refractivity contribution in [3.8, 4) is 0 Å². The first kappa shape index (κ1) is 13.9. The van der Waals surface area contributed by atoms with Gasteiger partial charge in [0.15, 0.2) is 5.96 Å². The van der Waals surface area contributed by atoms with Crippen LogP contribution in [0, 0.1) is 6.92 Å². The Morgan fingerprint density at radius 3 is 2.89 bits per heavy atom. The quantitative estimate of drug-likeness (QED) is 0.641. The second-order valence-corrected chi connectivity index (χ2v) is 4.99. The molecule has 1 fully saturated rings. The van der Waals surface area contributed by atoms with E-state index in [0.29, 0.717) is 13.1 Å². The number of aryl methyl sites for hydroxylation is 1. The third-order valence-corrected chi connectivity index (χ3v) is 3.46. The molecule has 0 unspecified atom stereocenters. The molecular formula is C15H23N3O. The molecule has 104 valence electrons. The third kappa shape index (κ3) is 3.70. The van der Waals surface area contributed by atoms with Gasteiger partial charge in [0, 0.05) is 19.6 Å². The van der Waals surface area contributed by atoms with Gasteiger partial charge in [0.25, 0.3) is 0 Å². The number of likely N-dealkylation sites (tertiary alicyclic amines) is 1. The van der Waals surface area contributed by atoms with Crippen molar-refractivity contribution in [2.24, 2.45) is 4.99 Å². The normalized spacial score (nSPS) is 19.8. The summed E-state index contributed by atoms with van der Waals surface area (Å²) in [6, 6.07) is 8.31. The highest BCUT2D eigenvalue weighted by Crippen LogP contribution is 2.11. The number of benzene rings is 1. The largest absolute Gasteiger partial charge is 0.391 e. The molecule has 1 aromatic rings. The Balaban J connectivity index is 2.06. The Labute approximate surface area is 115 Å². The van der Waals surface area contributed by atoms with E-state index < -0.39 is 0 Å². The number of aliphatic imine (C=N–C) groups is 1. The predicted octanol–water partition coefficient (Wildman–Crippen LogP) is 1.53. The summed E-state index contributed by atoms with van der Waals surface area (Å²) < 4.78 is 0. The van der Waals surface area contributed by atoms with Gasteiger partial charge in [-0.1, -0.05) is 24.3 Å². The molecule has 0 bridgehead atoms. The first-order chi connectivity index (χ1) is 9.20. The predicted molar refractivity (Wildman–Crippen MR) is 78.2 cm³/mol. The molecule has 0 aromatic heterocycles. The van der Waals surface area contributed by atoms with E-state index in [0.717, 1.165) is 25.5 Å². The van der Waals surface area contributed by atoms with Crippen LogP contribution in [0.25, 0.3) is 0 Å². The average Bonchev–Trinajstić information content (AvgIpc) is 2.83. The fraction of sp³-hybridized carbons (Fsp3) is 0.533. The molecule has 4 heteroatoms. The number of rotatable bonds is 3. The van der Waals surface area contributed by atoms with Crippen molar-refractivity contribution in [1.29, 1.82) is 0 Å². The van der Waals surface area contributed by atoms with E-state index in [9.17, 15) is 5.11 Å². The molecule has 1 heterocycles. The van der Waals surface area contributed by atoms with Crippen molar-refractivity contribution < 1.29 is 5.11 Å². The summed E-state index contributed by atoms with van der Waals surface area (Å²) in [6.45, 7) is 7.26. The van der Waals surface area contributed by atoms with Crippen LogP contribution >= 0.6 is 0 Å². The smallest absolute Gasteiger partial charge is 0.194 e. The number of aliphatic hydroxyl groups excluding tert-OH is 1. The molecular weight excluding hydrogens is 238 g/mol. The number of β-amino-alcohol motifs (C(OH)–C–C–N with tert-alkyl or cyclic N) is 1. The summed E-state index contributed by atoms with van der Waals surface area (Å²) in [5.41, 5.74) is 2.52. The summed E-state index contributed by atoms with van der Waals surface area (Å²) in [5, 5.41) is 12.9. The molecule has 1 aromatic carbocycles. The third-order valence-electron chi connectivity index (χ3n) is 3.46. The second kappa shape index (κ2) is 6.57. The van der Waals surface area contributed by atoms with Crippen LogP contribution in [-0.2, 0) is 6.54 Å². The van der Waals surface area contributed by atoms with E-state index in [1.54, 1.807) is 0 Å². The van der Waals surface area contributed by atoms with Gasteiger partial charge in [-0.2, -0.15) is 0 Å². The first-order valence-electron chi connectivity index (χ1n) is 6.96. The zero-order chi connectivity index (χ0) is 13.7. The van der Waals surface area contributed by atoms with E-state index >= 15 is 0 Å². The summed E-state index contributed by atoms with van der Waals surface area (Å²) in [7, 11) is 0. The number of nitrogens with one attached hydrogen (secondary N) is 1. The molecule has 0 spiro atoms. The van der Waals surface area contributed by atoms with E-state index in [1.807, 2.05) is 12.1 Å². The molecule has 2 rings (SSSR count). The van der Waals surface area contributed by atoms with Crippen LogP contribution in [0.5, 0.6) is 0 Å². The molecule has 0 aliphatic carbocycles. The fourth-order valence-corrected chi connectivity index (χ4v) is 2.31. The molecule has 2 N–H and O–H groups in total. The standard InChI is InChI=1S/C15H23N3O/c1-3-16-15(18-9-8-14(19)11-18)17-10-13-7-5-4-6-12(13)2/h4-7,14,19H,3,8-11H2,1-2H3,(H,16,17)/t14-/m1/s1. The van der Waals surface area contributed by atoms with E-state index in [2.05, 4.69) is 41.2 Å². The van der Waals surface area contributed by atoms with Crippen LogP contribution in [0.4, 0.5) is 0 Å². The van der Waals surface area contributed by atoms with Gasteiger partial charge in [-0.05, 0) is 31.4 Å². The zero-order valence-electron chi connectivity index (χ0n) is 11.8. The van der Waals surface area contributed by atoms with Gasteiger partial charge < -0.3 is 15.3 Å². The molecule has 19 heavy (non-hydrogen) atoms. The fourth-order valence-electron chi connectivity index (χ4n) is 2.31. The Bertz CT molecular complexity index is 445. The number of guanidine groups is 1. The monoisotopic (exact) mass is 261 g/mol. The van der Waals surface area contributed by atoms with Crippen LogP contribution in [0.1, 0.15) is 24.5 Å². The summed E-state index contributed by atoms with van der Waals surface area (Å²) in [5.74, 6) is 0.905. The van der Waals surface area contributed by atoms with E-state index in [4.69, 9.17) is 0 Å². The zero-order valence-corrected chi connectivity index (χ0v) is 11.8. The maximum absolute atomic E-state index is 9.62. The molecule has 0 radical (unpaired) electrons. The number of aliphatic hydroxyl groups is 1. The average molecular weight is 261 g/mol. The molecule has 1 aliphatic rings. The molecule has 4 nitrogen and oxygen atoms in total. The first-order valence-corrected chi connectivity index (χ1v) is 6.96. The van der Waals surface area contributed by atoms with Crippen LogP contribution in [0.15, 0.2) is 29.3 Å². The minimum atomic E-state index is -0.220. The van der Waals surface area contributed by atoms with Gasteiger partial charge in [-0.15, -0.1) is 0 Å². The molecule has 0 amide bonds. The Morgan fingerprint density at radius 2 is 2.26 bits per heavy atom. The number of hydrogen-bond donors (Lipinski definition) is 2. The van der Waals surface area contributed by atoms with Gasteiger partial charge >= 0.3 is 0 Å². The number of hydrogen-bond acceptors (Lipinski definition) is 2. The Morgan fingerprint density at radius 1 is 1.47 bits per heavy atom. The van der Waals surface area contributed by atoms with E-state index in [1.165, 1.54) is 11.1 Å². The van der Waals surface area contributed by atoms with Crippen molar-refractivity contribution in [2.75, 3.05) is 19.6 Å². The lowest BCUT2D eigenvalue weighted by Gasteiger charge is -2.21. The van der Waals surface area contributed by atoms with Crippen molar-refractivity contribution in [3.63, 3.8) is 0 Å². The maximum atomic E-state index is 9.62. The topological polar surface area (TPSA) is 47.9 Å². The van der Waals surface area contributed by atoms with E-state index in [-0.39, 0.29) is 6.10 Å². The van der Waals surface area contributed by atoms with Crippen LogP contribution in [-0.4, -0.2) is 41.7 Å². The van der Waals surface area contributed by atoms with Crippen molar-refractivity contribution in [1.82, 2.24) is 10.2 Å². The van der Waals surface area contributed by atoms with Crippen LogP contribution in [0.3, 0.4) is 0 Å². The number of nitrogens with zero attached hydrogens (tertiary/aromatic N) is 2. The van der Waals surface area contributed by atoms with Crippen molar-refractivity contribution in [3.05, 3.63) is 35.4 Å². The Hall–Kier alpha value is -1.55. The van der Waals surface area contributed by atoms with Gasteiger partial charge in [0.1, 0.15) is 0 Å². The molecule has 1 atom stereocenters. The lowest BCUT2D eigenvalue weighted by Crippen LogP contribution is -2.40. The minimum Gasteiger partial charge on any atom is -0.391 e. The molecule has 1 aliphatic heterocycles. The molecule has 0 saturated carbocycles. The SMILES string of the molecule is CCNC(=NCc1ccccc1C)N1CC[C@@H](O)C1. The van der Waals surface area contributed by atoms with Crippen molar-refractivity contribution in [2.45, 2.75) is 32.9 Å². The lowest BCUT2D eigenvalue weighted by atomic mass is 10.1. The lowest BCUT2D eigenvalue weighted by molar-refractivity contribution is 0.188. The van der Waals surface area contributed by atoms with Gasteiger partial charge in [0.2, 0.25) is 0 Å². The maximum Gasteiger partial charge on any atom is 0.194 e.